The first-order valence-corrected chi connectivity index (χ1v) is 9.93. The molecule has 1 fully saturated rings. The lowest BCUT2D eigenvalue weighted by atomic mass is 10.1. The summed E-state index contributed by atoms with van der Waals surface area (Å²) >= 11 is 3.35. The van der Waals surface area contributed by atoms with Gasteiger partial charge in [0.25, 0.3) is 0 Å². The van der Waals surface area contributed by atoms with Crippen molar-refractivity contribution in [2.75, 3.05) is 29.9 Å². The zero-order chi connectivity index (χ0) is 14.3. The van der Waals surface area contributed by atoms with Crippen LogP contribution in [-0.2, 0) is 14.6 Å². The first-order chi connectivity index (χ1) is 8.94. The number of carbonyl (C=O) groups excluding carboxylic acids is 1. The predicted molar refractivity (Wildman–Crippen MR) is 81.3 cm³/mol. The van der Waals surface area contributed by atoms with Crippen LogP contribution in [0.5, 0.6) is 0 Å². The molecular weight excluding hydrogens is 330 g/mol. The molecule has 0 aromatic heterocycles. The van der Waals surface area contributed by atoms with E-state index in [-0.39, 0.29) is 17.4 Å². The van der Waals surface area contributed by atoms with Gasteiger partial charge >= 0.3 is 0 Å². The van der Waals surface area contributed by atoms with Crippen molar-refractivity contribution in [3.05, 3.63) is 0 Å². The summed E-state index contributed by atoms with van der Waals surface area (Å²) in [5, 5.41) is 0.890. The summed E-state index contributed by atoms with van der Waals surface area (Å²) < 4.78 is 23.9. The zero-order valence-electron chi connectivity index (χ0n) is 11.6. The van der Waals surface area contributed by atoms with E-state index in [9.17, 15) is 13.2 Å². The standard InChI is InChI=1S/C13H24BrNO3S/c1-12(5-7-14)6-10-19(17,18)11-13(16)15-8-3-2-4-9-15/h12H,2-11H2,1H3. The van der Waals surface area contributed by atoms with Crippen molar-refractivity contribution in [1.82, 2.24) is 4.90 Å². The van der Waals surface area contributed by atoms with Gasteiger partial charge in [-0.05, 0) is 38.0 Å². The van der Waals surface area contributed by atoms with E-state index < -0.39 is 9.84 Å². The van der Waals surface area contributed by atoms with Gasteiger partial charge in [-0.15, -0.1) is 0 Å². The van der Waals surface area contributed by atoms with Gasteiger partial charge in [0.15, 0.2) is 9.84 Å². The molecule has 112 valence electrons. The van der Waals surface area contributed by atoms with Crippen molar-refractivity contribution in [2.45, 2.75) is 39.0 Å². The number of sulfone groups is 1. The minimum atomic E-state index is -3.25. The molecule has 0 aromatic rings. The summed E-state index contributed by atoms with van der Waals surface area (Å²) in [6.45, 7) is 3.48. The van der Waals surface area contributed by atoms with Crippen LogP contribution in [0.1, 0.15) is 39.0 Å². The first-order valence-electron chi connectivity index (χ1n) is 6.99. The van der Waals surface area contributed by atoms with Crippen LogP contribution in [0, 0.1) is 5.92 Å². The third-order valence-corrected chi connectivity index (χ3v) is 5.58. The van der Waals surface area contributed by atoms with Gasteiger partial charge in [0.1, 0.15) is 5.75 Å². The van der Waals surface area contributed by atoms with Crippen LogP contribution in [0.3, 0.4) is 0 Å². The van der Waals surface area contributed by atoms with Crippen LogP contribution in [0.25, 0.3) is 0 Å². The Hall–Kier alpha value is -0.100. The third kappa shape index (κ3) is 6.75. The molecule has 19 heavy (non-hydrogen) atoms. The number of amides is 1. The minimum absolute atomic E-state index is 0.126. The predicted octanol–water partition coefficient (Wildman–Crippen LogP) is 2.22. The normalized spacial score (nSPS) is 18.3. The largest absolute Gasteiger partial charge is 0.342 e. The van der Waals surface area contributed by atoms with Crippen LogP contribution in [-0.4, -0.2) is 49.2 Å². The molecule has 6 heteroatoms. The summed E-state index contributed by atoms with van der Waals surface area (Å²) in [6.07, 6.45) is 4.74. The Morgan fingerprint density at radius 2 is 1.84 bits per heavy atom. The number of halogens is 1. The molecule has 0 aliphatic carbocycles. The highest BCUT2D eigenvalue weighted by Crippen LogP contribution is 2.13. The van der Waals surface area contributed by atoms with E-state index in [1.807, 2.05) is 6.92 Å². The molecule has 0 N–H and O–H groups in total. The second-order valence-electron chi connectivity index (χ2n) is 5.40. The Morgan fingerprint density at radius 1 is 1.21 bits per heavy atom. The SMILES string of the molecule is CC(CCBr)CCS(=O)(=O)CC(=O)N1CCCCC1. The third-order valence-electron chi connectivity index (χ3n) is 3.58. The van der Waals surface area contributed by atoms with Crippen molar-refractivity contribution in [1.29, 1.82) is 0 Å². The maximum Gasteiger partial charge on any atom is 0.237 e. The fourth-order valence-corrected chi connectivity index (χ4v) is 4.45. The monoisotopic (exact) mass is 353 g/mol. The highest BCUT2D eigenvalue weighted by molar-refractivity contribution is 9.09. The van der Waals surface area contributed by atoms with Crippen LogP contribution in [0.2, 0.25) is 0 Å². The van der Waals surface area contributed by atoms with Crippen LogP contribution < -0.4 is 0 Å². The average molecular weight is 354 g/mol. The molecule has 0 aromatic carbocycles. The Morgan fingerprint density at radius 3 is 2.42 bits per heavy atom. The van der Waals surface area contributed by atoms with E-state index >= 15 is 0 Å². The number of hydrogen-bond donors (Lipinski definition) is 0. The number of alkyl halides is 1. The number of piperidine rings is 1. The molecule has 1 heterocycles. The number of hydrogen-bond acceptors (Lipinski definition) is 3. The Kier molecular flexibility index (Phi) is 7.36. The summed E-state index contributed by atoms with van der Waals surface area (Å²) in [7, 11) is -3.25. The highest BCUT2D eigenvalue weighted by Gasteiger charge is 2.23. The first kappa shape index (κ1) is 17.0. The van der Waals surface area contributed by atoms with E-state index in [4.69, 9.17) is 0 Å². The number of likely N-dealkylation sites (tertiary alicyclic amines) is 1. The van der Waals surface area contributed by atoms with Gasteiger partial charge in [0, 0.05) is 18.4 Å². The van der Waals surface area contributed by atoms with Crippen molar-refractivity contribution in [2.24, 2.45) is 5.92 Å². The molecule has 4 nitrogen and oxygen atoms in total. The maximum atomic E-state index is 11.9. The van der Waals surface area contributed by atoms with Crippen LogP contribution in [0.15, 0.2) is 0 Å². The molecule has 0 bridgehead atoms. The van der Waals surface area contributed by atoms with E-state index in [1.165, 1.54) is 0 Å². The fraction of sp³-hybridized carbons (Fsp3) is 0.923. The van der Waals surface area contributed by atoms with E-state index in [0.717, 1.165) is 31.0 Å². The van der Waals surface area contributed by atoms with Gasteiger partial charge < -0.3 is 4.90 Å². The summed E-state index contributed by atoms with van der Waals surface area (Å²) in [6, 6.07) is 0. The molecule has 1 amide bonds. The summed E-state index contributed by atoms with van der Waals surface area (Å²) in [4.78, 5) is 13.6. The molecule has 1 unspecified atom stereocenters. The molecule has 0 saturated carbocycles. The maximum absolute atomic E-state index is 11.9. The average Bonchev–Trinajstić information content (AvgIpc) is 2.37. The second-order valence-corrected chi connectivity index (χ2v) is 8.38. The fourth-order valence-electron chi connectivity index (χ4n) is 2.21. The summed E-state index contributed by atoms with van der Waals surface area (Å²) in [5.74, 6) is -0.0264. The van der Waals surface area contributed by atoms with Crippen molar-refractivity contribution < 1.29 is 13.2 Å². The van der Waals surface area contributed by atoms with Crippen molar-refractivity contribution in [3.63, 3.8) is 0 Å². The molecule has 1 atom stereocenters. The van der Waals surface area contributed by atoms with Gasteiger partial charge in [-0.2, -0.15) is 0 Å². The number of rotatable bonds is 7. The smallest absolute Gasteiger partial charge is 0.237 e. The van der Waals surface area contributed by atoms with Gasteiger partial charge in [-0.25, -0.2) is 8.42 Å². The van der Waals surface area contributed by atoms with Crippen molar-refractivity contribution >= 4 is 31.7 Å². The van der Waals surface area contributed by atoms with Crippen LogP contribution in [0.4, 0.5) is 0 Å². The lowest BCUT2D eigenvalue weighted by Crippen LogP contribution is -2.39. The lowest BCUT2D eigenvalue weighted by Gasteiger charge is -2.26. The Balaban J connectivity index is 2.38. The van der Waals surface area contributed by atoms with Gasteiger partial charge in [0.2, 0.25) is 5.91 Å². The Bertz CT molecular complexity index is 377. The molecule has 1 aliphatic rings. The lowest BCUT2D eigenvalue weighted by molar-refractivity contribution is -0.129. The van der Waals surface area contributed by atoms with Crippen LogP contribution >= 0.6 is 15.9 Å². The van der Waals surface area contributed by atoms with E-state index in [1.54, 1.807) is 4.90 Å². The van der Waals surface area contributed by atoms with E-state index in [2.05, 4.69) is 15.9 Å². The van der Waals surface area contributed by atoms with Crippen molar-refractivity contribution in [3.8, 4) is 0 Å². The molecule has 0 spiro atoms. The van der Waals surface area contributed by atoms with Gasteiger partial charge in [0.05, 0.1) is 5.75 Å². The minimum Gasteiger partial charge on any atom is -0.342 e. The van der Waals surface area contributed by atoms with Gasteiger partial charge in [-0.1, -0.05) is 22.9 Å². The second kappa shape index (κ2) is 8.25. The molecular formula is C13H24BrNO3S. The highest BCUT2D eigenvalue weighted by atomic mass is 79.9. The number of nitrogens with zero attached hydrogens (tertiary/aromatic N) is 1. The van der Waals surface area contributed by atoms with Gasteiger partial charge in [-0.3, -0.25) is 4.79 Å². The molecule has 1 saturated heterocycles. The quantitative estimate of drug-likeness (QED) is 0.659. The zero-order valence-corrected chi connectivity index (χ0v) is 14.0. The summed E-state index contributed by atoms with van der Waals surface area (Å²) in [5.41, 5.74) is 0. The number of carbonyl (C=O) groups is 1. The topological polar surface area (TPSA) is 54.5 Å². The Labute approximate surface area is 125 Å². The molecule has 1 rings (SSSR count). The molecule has 1 aliphatic heterocycles. The molecule has 0 radical (unpaired) electrons. The van der Waals surface area contributed by atoms with E-state index in [0.29, 0.717) is 25.4 Å².